The van der Waals surface area contributed by atoms with Gasteiger partial charge in [-0.2, -0.15) is 0 Å². The number of hydrogen-bond donors (Lipinski definition) is 0. The smallest absolute Gasteiger partial charge is 0.211 e. The molecule has 0 fully saturated rings. The van der Waals surface area contributed by atoms with Crippen molar-refractivity contribution in [1.82, 2.24) is 0 Å². The summed E-state index contributed by atoms with van der Waals surface area (Å²) in [5.41, 5.74) is 10.6. The summed E-state index contributed by atoms with van der Waals surface area (Å²) >= 11 is 0. The molecule has 234 valence electrons. The van der Waals surface area contributed by atoms with Crippen molar-refractivity contribution < 1.29 is 14.2 Å². The summed E-state index contributed by atoms with van der Waals surface area (Å²) in [6.07, 6.45) is 0.553. The average molecular weight is 617 g/mol. The van der Waals surface area contributed by atoms with Crippen molar-refractivity contribution in [1.29, 1.82) is 0 Å². The molecule has 0 aliphatic heterocycles. The second-order valence-corrected chi connectivity index (χ2v) is 12.2. The zero-order valence-corrected chi connectivity index (χ0v) is 27.0. The molecule has 0 aromatic heterocycles. The zero-order valence-electron chi connectivity index (χ0n) is 27.0. The Bertz CT molecular complexity index is 1810. The Morgan fingerprint density at radius 3 is 1.60 bits per heavy atom. The molecule has 7 rings (SSSR count). The molecule has 0 amide bonds. The first kappa shape index (κ1) is 30.5. The first-order chi connectivity index (χ1) is 23.2. The molecule has 0 saturated carbocycles. The van der Waals surface area contributed by atoms with Crippen molar-refractivity contribution in [3.8, 4) is 44.9 Å². The largest absolute Gasteiger partial charge is 0.490 e. The minimum absolute atomic E-state index is 0.0758. The van der Waals surface area contributed by atoms with Gasteiger partial charge in [0.05, 0.1) is 12.5 Å². The Balaban J connectivity index is 1.17. The highest BCUT2D eigenvalue weighted by molar-refractivity contribution is 5.82. The maximum atomic E-state index is 6.74. The predicted molar refractivity (Wildman–Crippen MR) is 192 cm³/mol. The summed E-state index contributed by atoms with van der Waals surface area (Å²) in [7, 11) is 0. The average Bonchev–Trinajstić information content (AvgIpc) is 3.48. The van der Waals surface area contributed by atoms with Gasteiger partial charge in [0, 0.05) is 11.1 Å². The van der Waals surface area contributed by atoms with Crippen molar-refractivity contribution in [2.45, 2.75) is 38.4 Å². The summed E-state index contributed by atoms with van der Waals surface area (Å²) in [5, 5.41) is 0. The third-order valence-electron chi connectivity index (χ3n) is 9.26. The van der Waals surface area contributed by atoms with E-state index in [2.05, 4.69) is 153 Å². The van der Waals surface area contributed by atoms with Crippen LogP contribution < -0.4 is 9.47 Å². The van der Waals surface area contributed by atoms with Crippen molar-refractivity contribution >= 4 is 0 Å². The number of ether oxygens (including phenoxy) is 3. The van der Waals surface area contributed by atoms with Gasteiger partial charge in [-0.15, -0.1) is 0 Å². The van der Waals surface area contributed by atoms with E-state index in [9.17, 15) is 0 Å². The van der Waals surface area contributed by atoms with Gasteiger partial charge in [0.2, 0.25) is 6.29 Å². The minimum Gasteiger partial charge on any atom is -0.490 e. The number of para-hydroxylation sites is 1. The van der Waals surface area contributed by atoms with Crippen LogP contribution in [-0.4, -0.2) is 19.5 Å². The molecule has 0 radical (unpaired) electrons. The molecule has 0 bridgehead atoms. The van der Waals surface area contributed by atoms with Crippen molar-refractivity contribution in [2.75, 3.05) is 13.2 Å². The lowest BCUT2D eigenvalue weighted by molar-refractivity contribution is -0.0949. The molecule has 0 spiro atoms. The first-order valence-corrected chi connectivity index (χ1v) is 16.6. The van der Waals surface area contributed by atoms with Crippen molar-refractivity contribution in [2.24, 2.45) is 0 Å². The van der Waals surface area contributed by atoms with Gasteiger partial charge in [0.1, 0.15) is 18.1 Å². The fourth-order valence-electron chi connectivity index (χ4n) is 6.62. The Hall–Kier alpha value is -5.12. The van der Waals surface area contributed by atoms with E-state index in [1.165, 1.54) is 27.8 Å². The van der Waals surface area contributed by atoms with E-state index >= 15 is 0 Å². The van der Waals surface area contributed by atoms with E-state index in [0.29, 0.717) is 19.1 Å². The highest BCUT2D eigenvalue weighted by atomic mass is 16.7. The number of rotatable bonds is 12. The maximum absolute atomic E-state index is 6.74. The van der Waals surface area contributed by atoms with Crippen LogP contribution in [0, 0.1) is 0 Å². The minimum atomic E-state index is -0.546. The normalized spacial score (nSPS) is 13.4. The molecule has 3 heteroatoms. The molecule has 1 aliphatic carbocycles. The predicted octanol–water partition coefficient (Wildman–Crippen LogP) is 11.1. The lowest BCUT2D eigenvalue weighted by Crippen LogP contribution is -2.30. The molecule has 6 aromatic rings. The fraction of sp³-hybridized carbons (Fsp3) is 0.182. The maximum Gasteiger partial charge on any atom is 0.211 e. The van der Waals surface area contributed by atoms with Crippen LogP contribution in [0.3, 0.4) is 0 Å². The Morgan fingerprint density at radius 2 is 1.04 bits per heavy atom. The molecule has 1 aliphatic rings. The van der Waals surface area contributed by atoms with Gasteiger partial charge in [-0.1, -0.05) is 153 Å². The molecule has 6 aromatic carbocycles. The quantitative estimate of drug-likeness (QED) is 0.101. The molecule has 0 heterocycles. The van der Waals surface area contributed by atoms with E-state index in [0.717, 1.165) is 40.2 Å². The molecule has 2 unspecified atom stereocenters. The summed E-state index contributed by atoms with van der Waals surface area (Å²) in [5.74, 6) is 2.07. The van der Waals surface area contributed by atoms with Crippen LogP contribution in [0.25, 0.3) is 33.4 Å². The van der Waals surface area contributed by atoms with Gasteiger partial charge in [0.25, 0.3) is 0 Å². The number of benzene rings is 6. The van der Waals surface area contributed by atoms with Crippen LogP contribution in [-0.2, 0) is 4.74 Å². The van der Waals surface area contributed by atoms with E-state index in [1.807, 2.05) is 12.1 Å². The summed E-state index contributed by atoms with van der Waals surface area (Å²) in [6, 6.07) is 52.8. The molecule has 0 saturated heterocycles. The van der Waals surface area contributed by atoms with Gasteiger partial charge in [-0.25, -0.2) is 0 Å². The molecule has 2 atom stereocenters. The van der Waals surface area contributed by atoms with E-state index in [-0.39, 0.29) is 5.92 Å². The Kier molecular flexibility index (Phi) is 9.17. The SMILES string of the molecule is CCC(C)c1ccc(OC(OCCOc2c(-c3ccccc3)cccc2-c2ccccc2)C2c3ccccc3-c3ccccc32)cc1. The Morgan fingerprint density at radius 1 is 0.532 bits per heavy atom. The van der Waals surface area contributed by atoms with Crippen LogP contribution in [0.2, 0.25) is 0 Å². The van der Waals surface area contributed by atoms with Crippen LogP contribution >= 0.6 is 0 Å². The summed E-state index contributed by atoms with van der Waals surface area (Å²) in [4.78, 5) is 0. The van der Waals surface area contributed by atoms with E-state index in [4.69, 9.17) is 14.2 Å². The lowest BCUT2D eigenvalue weighted by Gasteiger charge is -2.27. The van der Waals surface area contributed by atoms with E-state index < -0.39 is 6.29 Å². The van der Waals surface area contributed by atoms with Crippen molar-refractivity contribution in [3.05, 3.63) is 168 Å². The van der Waals surface area contributed by atoms with Crippen LogP contribution in [0.1, 0.15) is 48.8 Å². The molecule has 0 N–H and O–H groups in total. The molecular formula is C44H40O3. The molecular weight excluding hydrogens is 576 g/mol. The third-order valence-corrected chi connectivity index (χ3v) is 9.26. The van der Waals surface area contributed by atoms with Gasteiger partial charge in [0.15, 0.2) is 0 Å². The standard InChI is InChI=1S/C44H40O3/c1-3-31(2)32-25-27-35(28-26-32)47-44(42-40-21-12-10-19-38(40)39-20-11-13-22-41(39)42)46-30-29-45-43-36(33-15-6-4-7-16-33)23-14-24-37(43)34-17-8-5-9-18-34/h4-28,31,42,44H,3,29-30H2,1-2H3. The van der Waals surface area contributed by atoms with Crippen LogP contribution in [0.5, 0.6) is 11.5 Å². The second kappa shape index (κ2) is 14.1. The van der Waals surface area contributed by atoms with Gasteiger partial charge < -0.3 is 14.2 Å². The summed E-state index contributed by atoms with van der Waals surface area (Å²) < 4.78 is 20.1. The third kappa shape index (κ3) is 6.45. The fourth-order valence-corrected chi connectivity index (χ4v) is 6.62. The highest BCUT2D eigenvalue weighted by Gasteiger charge is 2.36. The van der Waals surface area contributed by atoms with Gasteiger partial charge >= 0.3 is 0 Å². The molecule has 3 nitrogen and oxygen atoms in total. The second-order valence-electron chi connectivity index (χ2n) is 12.2. The van der Waals surface area contributed by atoms with Gasteiger partial charge in [-0.3, -0.25) is 0 Å². The van der Waals surface area contributed by atoms with Crippen LogP contribution in [0.15, 0.2) is 152 Å². The Labute approximate surface area is 278 Å². The van der Waals surface area contributed by atoms with E-state index in [1.54, 1.807) is 0 Å². The van der Waals surface area contributed by atoms with Crippen molar-refractivity contribution in [3.63, 3.8) is 0 Å². The summed E-state index contributed by atoms with van der Waals surface area (Å²) in [6.45, 7) is 5.20. The first-order valence-electron chi connectivity index (χ1n) is 16.6. The number of hydrogen-bond acceptors (Lipinski definition) is 3. The lowest BCUT2D eigenvalue weighted by atomic mass is 9.96. The number of fused-ring (bicyclic) bond motifs is 3. The van der Waals surface area contributed by atoms with Gasteiger partial charge in [-0.05, 0) is 63.4 Å². The van der Waals surface area contributed by atoms with Crippen LogP contribution in [0.4, 0.5) is 0 Å². The topological polar surface area (TPSA) is 27.7 Å². The highest BCUT2D eigenvalue weighted by Crippen LogP contribution is 2.47. The molecule has 47 heavy (non-hydrogen) atoms. The zero-order chi connectivity index (χ0) is 32.0. The monoisotopic (exact) mass is 616 g/mol.